The van der Waals surface area contributed by atoms with Crippen molar-refractivity contribution in [3.63, 3.8) is 0 Å². The number of rotatable bonds is 6. The van der Waals surface area contributed by atoms with Gasteiger partial charge in [0.15, 0.2) is 9.84 Å². The second kappa shape index (κ2) is 8.32. The van der Waals surface area contributed by atoms with Crippen LogP contribution in [0.1, 0.15) is 31.7 Å². The molecule has 1 aliphatic heterocycles. The molecule has 2 rings (SSSR count). The average Bonchev–Trinajstić information content (AvgIpc) is 2.65. The molecule has 0 aromatic heterocycles. The highest BCUT2D eigenvalue weighted by Crippen LogP contribution is 2.18. The van der Waals surface area contributed by atoms with Gasteiger partial charge in [0, 0.05) is 19.5 Å². The van der Waals surface area contributed by atoms with Crippen LogP contribution in [-0.2, 0) is 16.4 Å². The minimum absolute atomic E-state index is 0.235. The Morgan fingerprint density at radius 2 is 2.22 bits per heavy atom. The predicted octanol–water partition coefficient (Wildman–Crippen LogP) is 2.38. The van der Waals surface area contributed by atoms with Gasteiger partial charge < -0.3 is 4.74 Å². The quantitative estimate of drug-likeness (QED) is 0.746. The van der Waals surface area contributed by atoms with Gasteiger partial charge in [-0.3, -0.25) is 4.90 Å². The Morgan fingerprint density at radius 3 is 3.00 bits per heavy atom. The minimum Gasteiger partial charge on any atom is -0.494 e. The van der Waals surface area contributed by atoms with E-state index in [0.717, 1.165) is 30.8 Å². The van der Waals surface area contributed by atoms with E-state index in [2.05, 4.69) is 11.0 Å². The van der Waals surface area contributed by atoms with Gasteiger partial charge in [-0.2, -0.15) is 5.26 Å². The van der Waals surface area contributed by atoms with Gasteiger partial charge in [-0.25, -0.2) is 8.42 Å². The Kier molecular flexibility index (Phi) is 6.43. The molecule has 0 bridgehead atoms. The summed E-state index contributed by atoms with van der Waals surface area (Å²) in [7, 11) is -2.94. The maximum atomic E-state index is 12.0. The zero-order valence-corrected chi connectivity index (χ0v) is 14.4. The van der Waals surface area contributed by atoms with E-state index in [1.807, 2.05) is 24.3 Å². The van der Waals surface area contributed by atoms with E-state index in [1.165, 1.54) is 0 Å². The molecule has 1 aromatic carbocycles. The van der Waals surface area contributed by atoms with Crippen molar-refractivity contribution in [2.24, 2.45) is 0 Å². The number of hydrogen-bond acceptors (Lipinski definition) is 5. The van der Waals surface area contributed by atoms with E-state index < -0.39 is 9.84 Å². The first-order valence-corrected chi connectivity index (χ1v) is 9.75. The molecular weight excluding hydrogens is 312 g/mol. The molecule has 0 saturated carbocycles. The van der Waals surface area contributed by atoms with Crippen LogP contribution < -0.4 is 4.74 Å². The molecule has 0 amide bonds. The first-order chi connectivity index (χ1) is 11.0. The molecule has 0 spiro atoms. The minimum atomic E-state index is -2.94. The Bertz CT molecular complexity index is 652. The van der Waals surface area contributed by atoms with Crippen molar-refractivity contribution in [2.75, 3.05) is 25.4 Å². The molecule has 5 nitrogen and oxygen atoms in total. The van der Waals surface area contributed by atoms with Gasteiger partial charge in [0.25, 0.3) is 0 Å². The second-order valence-corrected chi connectivity index (χ2v) is 8.54. The zero-order valence-electron chi connectivity index (χ0n) is 13.6. The molecule has 23 heavy (non-hydrogen) atoms. The molecule has 126 valence electrons. The highest BCUT2D eigenvalue weighted by Gasteiger charge is 2.26. The van der Waals surface area contributed by atoms with Crippen LogP contribution in [0.5, 0.6) is 5.75 Å². The largest absolute Gasteiger partial charge is 0.494 e. The molecule has 6 heteroatoms. The van der Waals surface area contributed by atoms with Crippen molar-refractivity contribution < 1.29 is 13.2 Å². The molecule has 0 N–H and O–H groups in total. The molecule has 1 aliphatic rings. The topological polar surface area (TPSA) is 70.4 Å². The van der Waals surface area contributed by atoms with Gasteiger partial charge in [-0.15, -0.1) is 0 Å². The lowest BCUT2D eigenvalue weighted by molar-refractivity contribution is 0.281. The molecule has 0 unspecified atom stereocenters. The summed E-state index contributed by atoms with van der Waals surface area (Å²) in [6.45, 7) is 4.45. The van der Waals surface area contributed by atoms with Gasteiger partial charge in [-0.05, 0) is 44.0 Å². The first kappa shape index (κ1) is 17.8. The van der Waals surface area contributed by atoms with E-state index in [-0.39, 0.29) is 11.0 Å². The van der Waals surface area contributed by atoms with Crippen LogP contribution in [-0.4, -0.2) is 44.0 Å². The maximum Gasteiger partial charge on any atom is 0.154 e. The lowest BCUT2D eigenvalue weighted by Gasteiger charge is -2.19. The number of unbranched alkanes of at least 4 members (excludes halogenated alkanes) is 1. The number of hydrogen-bond donors (Lipinski definition) is 0. The molecule has 0 aliphatic carbocycles. The Hall–Kier alpha value is -1.58. The molecule has 1 aromatic rings. The normalized spacial score (nSPS) is 21.3. The zero-order chi connectivity index (χ0) is 16.7. The molecule has 1 fully saturated rings. The van der Waals surface area contributed by atoms with Crippen LogP contribution in [0.4, 0.5) is 0 Å². The van der Waals surface area contributed by atoms with Crippen LogP contribution in [0, 0.1) is 11.3 Å². The number of nitrogens with zero attached hydrogens (tertiary/aromatic N) is 2. The Morgan fingerprint density at radius 1 is 1.39 bits per heavy atom. The van der Waals surface area contributed by atoms with Crippen LogP contribution >= 0.6 is 0 Å². The van der Waals surface area contributed by atoms with E-state index in [1.54, 1.807) is 6.92 Å². The average molecular weight is 336 g/mol. The van der Waals surface area contributed by atoms with Crippen molar-refractivity contribution in [3.8, 4) is 11.8 Å². The van der Waals surface area contributed by atoms with Crippen molar-refractivity contribution in [3.05, 3.63) is 29.8 Å². The fourth-order valence-electron chi connectivity index (χ4n) is 2.60. The third-order valence-electron chi connectivity index (χ3n) is 4.16. The van der Waals surface area contributed by atoms with Gasteiger partial charge in [-0.1, -0.05) is 12.1 Å². The van der Waals surface area contributed by atoms with E-state index in [4.69, 9.17) is 10.00 Å². The fraction of sp³-hybridized carbons (Fsp3) is 0.588. The summed E-state index contributed by atoms with van der Waals surface area (Å²) in [5.41, 5.74) is 1.12. The van der Waals surface area contributed by atoms with Crippen molar-refractivity contribution in [1.29, 1.82) is 5.26 Å². The highest BCUT2D eigenvalue weighted by molar-refractivity contribution is 7.92. The summed E-state index contributed by atoms with van der Waals surface area (Å²) in [5.74, 6) is 1.04. The van der Waals surface area contributed by atoms with E-state index in [0.29, 0.717) is 26.0 Å². The maximum absolute atomic E-state index is 12.0. The summed E-state index contributed by atoms with van der Waals surface area (Å²) in [4.78, 5) is 2.19. The van der Waals surface area contributed by atoms with Gasteiger partial charge in [0.1, 0.15) is 5.75 Å². The number of sulfone groups is 1. The van der Waals surface area contributed by atoms with E-state index >= 15 is 0 Å². The van der Waals surface area contributed by atoms with Crippen molar-refractivity contribution in [2.45, 2.75) is 38.0 Å². The summed E-state index contributed by atoms with van der Waals surface area (Å²) in [6, 6.07) is 9.99. The Labute approximate surface area is 138 Å². The van der Waals surface area contributed by atoms with Crippen molar-refractivity contribution >= 4 is 9.84 Å². The highest BCUT2D eigenvalue weighted by atomic mass is 32.2. The predicted molar refractivity (Wildman–Crippen MR) is 89.9 cm³/mol. The molecule has 1 heterocycles. The van der Waals surface area contributed by atoms with Gasteiger partial charge >= 0.3 is 0 Å². The molecular formula is C17H24N2O3S. The smallest absolute Gasteiger partial charge is 0.154 e. The van der Waals surface area contributed by atoms with Gasteiger partial charge in [0.2, 0.25) is 0 Å². The molecule has 1 atom stereocenters. The number of ether oxygens (including phenoxy) is 1. The number of benzene rings is 1. The van der Waals surface area contributed by atoms with Crippen LogP contribution in [0.15, 0.2) is 24.3 Å². The lowest BCUT2D eigenvalue weighted by Crippen LogP contribution is -2.26. The fourth-order valence-corrected chi connectivity index (χ4v) is 3.98. The standard InChI is InChI=1S/C17H24N2O3S/c1-15-7-9-19(10-12-23(15,20)21)14-16-5-4-6-17(13-16)22-11-3-2-8-18/h4-6,13,15H,2-3,7,9-12,14H2,1H3/t15-/m1/s1. The molecule has 0 radical (unpaired) electrons. The third kappa shape index (κ3) is 5.52. The molecule has 1 saturated heterocycles. The van der Waals surface area contributed by atoms with Crippen LogP contribution in [0.25, 0.3) is 0 Å². The first-order valence-electron chi connectivity index (χ1n) is 8.04. The summed E-state index contributed by atoms with van der Waals surface area (Å²) in [6.07, 6.45) is 1.91. The monoisotopic (exact) mass is 336 g/mol. The lowest BCUT2D eigenvalue weighted by atomic mass is 10.2. The Balaban J connectivity index is 1.91. The summed E-state index contributed by atoms with van der Waals surface area (Å²) < 4.78 is 29.6. The van der Waals surface area contributed by atoms with Crippen LogP contribution in [0.2, 0.25) is 0 Å². The van der Waals surface area contributed by atoms with Crippen LogP contribution in [0.3, 0.4) is 0 Å². The van der Waals surface area contributed by atoms with Crippen molar-refractivity contribution in [1.82, 2.24) is 4.90 Å². The van der Waals surface area contributed by atoms with Gasteiger partial charge in [0.05, 0.1) is 23.7 Å². The summed E-state index contributed by atoms with van der Waals surface area (Å²) in [5, 5.41) is 8.27. The number of nitriles is 1. The third-order valence-corrected chi connectivity index (χ3v) is 6.38. The SMILES string of the molecule is C[C@@H]1CCN(Cc2cccc(OCCCC#N)c2)CCS1(=O)=O. The second-order valence-electron chi connectivity index (χ2n) is 6.00. The van der Waals surface area contributed by atoms with E-state index in [9.17, 15) is 8.42 Å². The summed E-state index contributed by atoms with van der Waals surface area (Å²) >= 11 is 0.